The van der Waals surface area contributed by atoms with E-state index in [4.69, 9.17) is 5.26 Å². The molecule has 0 bridgehead atoms. The van der Waals surface area contributed by atoms with Gasteiger partial charge in [0.25, 0.3) is 0 Å². The largest absolute Gasteiger partial charge is 0.243 e. The van der Waals surface area contributed by atoms with E-state index < -0.39 is 0 Å². The van der Waals surface area contributed by atoms with E-state index in [9.17, 15) is 0 Å². The lowest BCUT2D eigenvalue weighted by Gasteiger charge is -1.99. The van der Waals surface area contributed by atoms with E-state index in [2.05, 4.69) is 27.7 Å². The summed E-state index contributed by atoms with van der Waals surface area (Å²) < 4.78 is 1.75. The van der Waals surface area contributed by atoms with Crippen molar-refractivity contribution in [3.8, 4) is 6.07 Å². The first-order valence-corrected chi connectivity index (χ1v) is 5.62. The predicted octanol–water partition coefficient (Wildman–Crippen LogP) is 1.63. The van der Waals surface area contributed by atoms with Gasteiger partial charge >= 0.3 is 0 Å². The van der Waals surface area contributed by atoms with Gasteiger partial charge in [-0.2, -0.15) is 10.4 Å². The van der Waals surface area contributed by atoms with Crippen molar-refractivity contribution >= 4 is 22.8 Å². The summed E-state index contributed by atoms with van der Waals surface area (Å²) in [5.41, 5.74) is 0.773. The summed E-state index contributed by atoms with van der Waals surface area (Å²) in [6.45, 7) is 4.28. The van der Waals surface area contributed by atoms with Crippen LogP contribution in [0.4, 0.5) is 0 Å². The average Bonchev–Trinajstić information content (AvgIpc) is 2.71. The van der Waals surface area contributed by atoms with Crippen molar-refractivity contribution in [2.75, 3.05) is 5.75 Å². The Labute approximate surface area is 96.8 Å². The normalized spacial score (nSPS) is 10.2. The van der Waals surface area contributed by atoms with Gasteiger partial charge in [-0.3, -0.25) is 0 Å². The van der Waals surface area contributed by atoms with Gasteiger partial charge in [-0.05, 0) is 0 Å². The predicted molar refractivity (Wildman–Crippen MR) is 61.9 cm³/mol. The Morgan fingerprint density at radius 1 is 1.56 bits per heavy atom. The Morgan fingerprint density at radius 2 is 2.44 bits per heavy atom. The third kappa shape index (κ3) is 1.90. The first-order chi connectivity index (χ1) is 7.86. The highest BCUT2D eigenvalue weighted by Gasteiger charge is 2.08. The number of hydrogen-bond acceptors (Lipinski definition) is 5. The van der Waals surface area contributed by atoms with Gasteiger partial charge in [0, 0.05) is 0 Å². The molecule has 6 heteroatoms. The molecule has 0 fully saturated rings. The molecule has 0 atom stereocenters. The van der Waals surface area contributed by atoms with Crippen molar-refractivity contribution in [3.63, 3.8) is 0 Å². The molecule has 0 radical (unpaired) electrons. The summed E-state index contributed by atoms with van der Waals surface area (Å²) in [5, 5.41) is 14.4. The minimum absolute atomic E-state index is 0.374. The molecule has 2 aromatic rings. The average molecular weight is 231 g/mol. The van der Waals surface area contributed by atoms with Crippen molar-refractivity contribution in [2.45, 2.75) is 11.6 Å². The third-order valence-corrected chi connectivity index (χ3v) is 2.84. The fourth-order valence-electron chi connectivity index (χ4n) is 1.34. The highest BCUT2D eigenvalue weighted by molar-refractivity contribution is 7.99. The van der Waals surface area contributed by atoms with E-state index in [0.717, 1.165) is 16.1 Å². The first-order valence-electron chi connectivity index (χ1n) is 4.64. The van der Waals surface area contributed by atoms with Crippen LogP contribution < -0.4 is 0 Å². The molecule has 0 aromatic carbocycles. The quantitative estimate of drug-likeness (QED) is 0.454. The van der Waals surface area contributed by atoms with Gasteiger partial charge in [0.15, 0.2) is 5.65 Å². The van der Waals surface area contributed by atoms with Crippen LogP contribution >= 0.6 is 11.8 Å². The van der Waals surface area contributed by atoms with Gasteiger partial charge in [0.1, 0.15) is 11.4 Å². The van der Waals surface area contributed by atoms with E-state index in [1.807, 2.05) is 0 Å². The summed E-state index contributed by atoms with van der Waals surface area (Å²) in [6.07, 6.45) is 4.97. The molecule has 0 amide bonds. The topological polar surface area (TPSA) is 67.4 Å². The van der Waals surface area contributed by atoms with Crippen molar-refractivity contribution in [1.29, 1.82) is 5.26 Å². The number of allylic oxidation sites excluding steroid dienone is 1. The Morgan fingerprint density at radius 3 is 3.19 bits per heavy atom. The van der Waals surface area contributed by atoms with Crippen LogP contribution in [0.15, 0.2) is 30.2 Å². The molecule has 0 unspecified atom stereocenters. The van der Waals surface area contributed by atoms with Gasteiger partial charge in [-0.1, -0.05) is 17.8 Å². The Balaban J connectivity index is 2.45. The molecule has 16 heavy (non-hydrogen) atoms. The fourth-order valence-corrected chi connectivity index (χ4v) is 1.97. The maximum Gasteiger partial charge on any atom is 0.162 e. The van der Waals surface area contributed by atoms with E-state index in [1.165, 1.54) is 18.1 Å². The second kappa shape index (κ2) is 4.77. The SMILES string of the molecule is C=CCn1ncc2c(SCC#N)ncnc21. The smallest absolute Gasteiger partial charge is 0.162 e. The molecule has 5 nitrogen and oxygen atoms in total. The number of thioether (sulfide) groups is 1. The molecule has 0 N–H and O–H groups in total. The Bertz CT molecular complexity index is 554. The monoisotopic (exact) mass is 231 g/mol. The number of nitrogens with zero attached hydrogens (tertiary/aromatic N) is 5. The van der Waals surface area contributed by atoms with Crippen LogP contribution in [0, 0.1) is 11.3 Å². The second-order valence-corrected chi connectivity index (χ2v) is 3.94. The lowest BCUT2D eigenvalue weighted by atomic mass is 10.4. The summed E-state index contributed by atoms with van der Waals surface area (Å²) >= 11 is 1.39. The van der Waals surface area contributed by atoms with Crippen LogP contribution in [0.2, 0.25) is 0 Å². The zero-order valence-electron chi connectivity index (χ0n) is 8.50. The Hall–Kier alpha value is -1.87. The number of nitriles is 1. The third-order valence-electron chi connectivity index (χ3n) is 1.97. The van der Waals surface area contributed by atoms with Gasteiger partial charge in [0.2, 0.25) is 0 Å². The second-order valence-electron chi connectivity index (χ2n) is 2.98. The first kappa shape index (κ1) is 10.6. The van der Waals surface area contributed by atoms with E-state index in [1.54, 1.807) is 17.0 Å². The summed E-state index contributed by atoms with van der Waals surface area (Å²) in [7, 11) is 0. The summed E-state index contributed by atoms with van der Waals surface area (Å²) in [4.78, 5) is 8.31. The molecule has 0 aliphatic heterocycles. The zero-order chi connectivity index (χ0) is 11.4. The van der Waals surface area contributed by atoms with Gasteiger partial charge in [0.05, 0.1) is 29.9 Å². The fraction of sp³-hybridized carbons (Fsp3) is 0.200. The summed E-state index contributed by atoms with van der Waals surface area (Å²) in [6, 6.07) is 2.07. The van der Waals surface area contributed by atoms with Crippen LogP contribution in [0.1, 0.15) is 0 Å². The minimum atomic E-state index is 0.374. The molecular weight excluding hydrogens is 222 g/mol. The van der Waals surface area contributed by atoms with Gasteiger partial charge in [-0.15, -0.1) is 6.58 Å². The van der Waals surface area contributed by atoms with Crippen molar-refractivity contribution in [3.05, 3.63) is 25.2 Å². The number of rotatable bonds is 4. The molecule has 2 rings (SSSR count). The number of aromatic nitrogens is 4. The van der Waals surface area contributed by atoms with Crippen LogP contribution in [-0.4, -0.2) is 25.5 Å². The Kier molecular flexibility index (Phi) is 3.17. The highest BCUT2D eigenvalue weighted by atomic mass is 32.2. The molecule has 0 saturated carbocycles. The molecule has 0 saturated heterocycles. The van der Waals surface area contributed by atoms with Gasteiger partial charge in [-0.25, -0.2) is 14.6 Å². The van der Waals surface area contributed by atoms with Crippen molar-refractivity contribution < 1.29 is 0 Å². The van der Waals surface area contributed by atoms with Crippen LogP contribution in [0.3, 0.4) is 0 Å². The standard InChI is InChI=1S/C10H9N5S/c1-2-4-15-9-8(6-14-15)10(13-7-12-9)16-5-3-11/h2,6-7H,1,4-5H2. The highest BCUT2D eigenvalue weighted by Crippen LogP contribution is 2.23. The van der Waals surface area contributed by atoms with Crippen LogP contribution in [0.5, 0.6) is 0 Å². The maximum atomic E-state index is 8.54. The molecule has 2 aromatic heterocycles. The molecule has 0 aliphatic rings. The lowest BCUT2D eigenvalue weighted by molar-refractivity contribution is 0.719. The van der Waals surface area contributed by atoms with Crippen molar-refractivity contribution in [2.24, 2.45) is 0 Å². The summed E-state index contributed by atoms with van der Waals surface area (Å²) in [5.74, 6) is 0.374. The molecule has 0 spiro atoms. The zero-order valence-corrected chi connectivity index (χ0v) is 9.31. The minimum Gasteiger partial charge on any atom is -0.243 e. The lowest BCUT2D eigenvalue weighted by Crippen LogP contribution is -1.98. The number of hydrogen-bond donors (Lipinski definition) is 0. The molecule has 80 valence electrons. The molecule has 0 aliphatic carbocycles. The van der Waals surface area contributed by atoms with E-state index >= 15 is 0 Å². The van der Waals surface area contributed by atoms with Crippen LogP contribution in [-0.2, 0) is 6.54 Å². The van der Waals surface area contributed by atoms with E-state index in [0.29, 0.717) is 12.3 Å². The van der Waals surface area contributed by atoms with Crippen LogP contribution in [0.25, 0.3) is 11.0 Å². The van der Waals surface area contributed by atoms with E-state index in [-0.39, 0.29) is 0 Å². The van der Waals surface area contributed by atoms with Gasteiger partial charge < -0.3 is 0 Å². The maximum absolute atomic E-state index is 8.54. The molecular formula is C10H9N5S. The van der Waals surface area contributed by atoms with Crippen molar-refractivity contribution in [1.82, 2.24) is 19.7 Å². The number of fused-ring (bicyclic) bond motifs is 1. The molecule has 2 heterocycles.